The number of hydrogen-bond acceptors (Lipinski definition) is 4. The molecular formula is C14H22ClN3O3S. The van der Waals surface area contributed by atoms with Crippen LogP contribution in [0, 0.1) is 5.92 Å². The molecule has 124 valence electrons. The van der Waals surface area contributed by atoms with Gasteiger partial charge >= 0.3 is 0 Å². The minimum atomic E-state index is -3.54. The lowest BCUT2D eigenvalue weighted by Gasteiger charge is -2.25. The molecule has 1 aliphatic rings. The van der Waals surface area contributed by atoms with E-state index in [-0.39, 0.29) is 36.0 Å². The Labute approximate surface area is 137 Å². The number of nitrogens with two attached hydrogens (primary N) is 2. The van der Waals surface area contributed by atoms with Crippen LogP contribution in [-0.2, 0) is 20.6 Å². The van der Waals surface area contributed by atoms with Gasteiger partial charge in [0.05, 0.1) is 5.75 Å². The number of rotatable bonds is 4. The van der Waals surface area contributed by atoms with Crippen molar-refractivity contribution in [1.29, 1.82) is 0 Å². The lowest BCUT2D eigenvalue weighted by atomic mass is 9.85. The maximum Gasteiger partial charge on any atom is 0.227 e. The van der Waals surface area contributed by atoms with E-state index in [1.54, 1.807) is 24.3 Å². The molecule has 0 radical (unpaired) electrons. The molecule has 2 atom stereocenters. The number of carbonyl (C=O) groups is 1. The highest BCUT2D eigenvalue weighted by molar-refractivity contribution is 7.88. The van der Waals surface area contributed by atoms with Gasteiger partial charge in [-0.2, -0.15) is 0 Å². The van der Waals surface area contributed by atoms with E-state index < -0.39 is 10.0 Å². The Hall–Kier alpha value is -1.15. The van der Waals surface area contributed by atoms with E-state index >= 15 is 0 Å². The smallest absolute Gasteiger partial charge is 0.227 e. The molecular weight excluding hydrogens is 326 g/mol. The molecule has 1 aromatic rings. The number of primary sulfonamides is 1. The number of nitrogens with one attached hydrogen (secondary N) is 1. The van der Waals surface area contributed by atoms with Crippen LogP contribution in [0.25, 0.3) is 0 Å². The minimum absolute atomic E-state index is 0. The molecule has 0 heterocycles. The first-order valence-corrected chi connectivity index (χ1v) is 8.71. The molecule has 1 fully saturated rings. The molecule has 1 aromatic carbocycles. The summed E-state index contributed by atoms with van der Waals surface area (Å²) in [6.07, 6.45) is 3.54. The van der Waals surface area contributed by atoms with Crippen LogP contribution in [0.1, 0.15) is 31.2 Å². The summed E-state index contributed by atoms with van der Waals surface area (Å²) in [4.78, 5) is 12.1. The summed E-state index contributed by atoms with van der Waals surface area (Å²) in [6, 6.07) is 6.76. The molecule has 0 aromatic heterocycles. The molecule has 1 saturated carbocycles. The van der Waals surface area contributed by atoms with Crippen molar-refractivity contribution in [2.45, 2.75) is 37.5 Å². The molecule has 0 saturated heterocycles. The Morgan fingerprint density at radius 3 is 2.41 bits per heavy atom. The predicted molar refractivity (Wildman–Crippen MR) is 89.1 cm³/mol. The number of hydrogen-bond donors (Lipinski definition) is 3. The van der Waals surface area contributed by atoms with E-state index in [1.165, 1.54) is 0 Å². The van der Waals surface area contributed by atoms with E-state index in [2.05, 4.69) is 5.32 Å². The second-order valence-corrected chi connectivity index (χ2v) is 7.23. The van der Waals surface area contributed by atoms with E-state index in [0.717, 1.165) is 25.7 Å². The third kappa shape index (κ3) is 5.92. The normalized spacial score (nSPS) is 21.7. The summed E-state index contributed by atoms with van der Waals surface area (Å²) in [5, 5.41) is 7.83. The molecule has 0 aliphatic heterocycles. The maximum atomic E-state index is 12.1. The topological polar surface area (TPSA) is 115 Å². The fraction of sp³-hybridized carbons (Fsp3) is 0.500. The molecule has 22 heavy (non-hydrogen) atoms. The van der Waals surface area contributed by atoms with Gasteiger partial charge in [-0.05, 0) is 37.0 Å². The van der Waals surface area contributed by atoms with Crippen LogP contribution in [0.15, 0.2) is 24.3 Å². The number of carbonyl (C=O) groups excluding carboxylic acids is 1. The average Bonchev–Trinajstić information content (AvgIpc) is 2.39. The monoisotopic (exact) mass is 347 g/mol. The highest BCUT2D eigenvalue weighted by Crippen LogP contribution is 2.24. The highest BCUT2D eigenvalue weighted by atomic mass is 35.5. The molecule has 1 amide bonds. The molecule has 1 aliphatic carbocycles. The molecule has 2 rings (SSSR count). The molecule has 2 unspecified atom stereocenters. The number of benzene rings is 1. The Morgan fingerprint density at radius 1 is 1.23 bits per heavy atom. The summed E-state index contributed by atoms with van der Waals surface area (Å²) in [7, 11) is -3.54. The van der Waals surface area contributed by atoms with E-state index in [0.29, 0.717) is 11.3 Å². The van der Waals surface area contributed by atoms with Gasteiger partial charge in [-0.25, -0.2) is 13.6 Å². The van der Waals surface area contributed by atoms with Gasteiger partial charge in [0.1, 0.15) is 0 Å². The average molecular weight is 348 g/mol. The zero-order valence-corrected chi connectivity index (χ0v) is 13.8. The van der Waals surface area contributed by atoms with Crippen LogP contribution in [0.2, 0.25) is 0 Å². The molecule has 8 heteroatoms. The van der Waals surface area contributed by atoms with Crippen molar-refractivity contribution in [2.24, 2.45) is 16.8 Å². The van der Waals surface area contributed by atoms with Crippen LogP contribution < -0.4 is 16.2 Å². The Bertz CT molecular complexity index is 604. The van der Waals surface area contributed by atoms with Gasteiger partial charge < -0.3 is 11.1 Å². The van der Waals surface area contributed by atoms with Gasteiger partial charge in [-0.15, -0.1) is 12.4 Å². The van der Waals surface area contributed by atoms with Crippen LogP contribution in [-0.4, -0.2) is 20.4 Å². The SMILES string of the molecule is Cl.NC1CCCC(C(=O)Nc2ccc(CS(N)(=O)=O)cc2)C1. The Kier molecular flexibility index (Phi) is 6.80. The number of amides is 1. The third-order valence-corrected chi connectivity index (χ3v) is 4.41. The number of anilines is 1. The quantitative estimate of drug-likeness (QED) is 0.762. The highest BCUT2D eigenvalue weighted by Gasteiger charge is 2.25. The zero-order chi connectivity index (χ0) is 15.5. The summed E-state index contributed by atoms with van der Waals surface area (Å²) in [5.41, 5.74) is 7.13. The lowest BCUT2D eigenvalue weighted by Crippen LogP contribution is -2.34. The van der Waals surface area contributed by atoms with Crippen molar-refractivity contribution < 1.29 is 13.2 Å². The second-order valence-electron chi connectivity index (χ2n) is 5.62. The third-order valence-electron chi connectivity index (χ3n) is 3.67. The minimum Gasteiger partial charge on any atom is -0.328 e. The fourth-order valence-electron chi connectivity index (χ4n) is 2.63. The number of halogens is 1. The second kappa shape index (κ2) is 7.92. The van der Waals surface area contributed by atoms with Crippen molar-refractivity contribution in [1.82, 2.24) is 0 Å². The first-order chi connectivity index (χ1) is 9.83. The van der Waals surface area contributed by atoms with Crippen LogP contribution in [0.5, 0.6) is 0 Å². The largest absolute Gasteiger partial charge is 0.328 e. The number of sulfonamides is 1. The lowest BCUT2D eigenvalue weighted by molar-refractivity contribution is -0.120. The summed E-state index contributed by atoms with van der Waals surface area (Å²) in [5.74, 6) is -0.277. The first kappa shape index (κ1) is 18.9. The standard InChI is InChI=1S/C14H21N3O3S.ClH/c15-12-3-1-2-11(8-12)14(18)17-13-6-4-10(5-7-13)9-21(16,19)20;/h4-7,11-12H,1-3,8-9,15H2,(H,17,18)(H2,16,19,20);1H. The van der Waals surface area contributed by atoms with Crippen molar-refractivity contribution in [3.8, 4) is 0 Å². The van der Waals surface area contributed by atoms with E-state index in [4.69, 9.17) is 10.9 Å². The Morgan fingerprint density at radius 2 is 1.86 bits per heavy atom. The summed E-state index contributed by atoms with van der Waals surface area (Å²) in [6.45, 7) is 0. The van der Waals surface area contributed by atoms with Crippen molar-refractivity contribution >= 4 is 34.0 Å². The van der Waals surface area contributed by atoms with Gasteiger partial charge in [0.25, 0.3) is 0 Å². The summed E-state index contributed by atoms with van der Waals surface area (Å²) < 4.78 is 22.0. The van der Waals surface area contributed by atoms with Gasteiger partial charge in [0, 0.05) is 17.6 Å². The predicted octanol–water partition coefficient (Wildman–Crippen LogP) is 1.35. The van der Waals surface area contributed by atoms with Gasteiger partial charge in [0.2, 0.25) is 15.9 Å². The van der Waals surface area contributed by atoms with Crippen molar-refractivity contribution in [3.05, 3.63) is 29.8 Å². The fourth-order valence-corrected chi connectivity index (χ4v) is 3.28. The molecule has 0 spiro atoms. The van der Waals surface area contributed by atoms with Gasteiger partial charge in [-0.3, -0.25) is 4.79 Å². The zero-order valence-electron chi connectivity index (χ0n) is 12.2. The first-order valence-electron chi connectivity index (χ1n) is 6.99. The van der Waals surface area contributed by atoms with E-state index in [9.17, 15) is 13.2 Å². The van der Waals surface area contributed by atoms with Gasteiger partial charge in [0.15, 0.2) is 0 Å². The molecule has 5 N–H and O–H groups in total. The van der Waals surface area contributed by atoms with Gasteiger partial charge in [-0.1, -0.05) is 18.6 Å². The van der Waals surface area contributed by atoms with Crippen LogP contribution in [0.3, 0.4) is 0 Å². The van der Waals surface area contributed by atoms with Crippen molar-refractivity contribution in [3.63, 3.8) is 0 Å². The van der Waals surface area contributed by atoms with Crippen LogP contribution in [0.4, 0.5) is 5.69 Å². The molecule has 0 bridgehead atoms. The Balaban J connectivity index is 0.00000242. The maximum absolute atomic E-state index is 12.1. The van der Waals surface area contributed by atoms with E-state index in [1.807, 2.05) is 0 Å². The van der Waals surface area contributed by atoms with Crippen molar-refractivity contribution in [2.75, 3.05) is 5.32 Å². The molecule has 6 nitrogen and oxygen atoms in total. The van der Waals surface area contributed by atoms with Crippen LogP contribution >= 0.6 is 12.4 Å². The summed E-state index contributed by atoms with van der Waals surface area (Å²) >= 11 is 0.